The zero-order chi connectivity index (χ0) is 25.8. The summed E-state index contributed by atoms with van der Waals surface area (Å²) in [5.41, 5.74) is 0.952. The molecule has 2 amide bonds. The number of ether oxygens (including phenoxy) is 3. The number of carbonyl (C=O) groups is 3. The van der Waals surface area contributed by atoms with Crippen molar-refractivity contribution in [3.8, 4) is 17.2 Å². The summed E-state index contributed by atoms with van der Waals surface area (Å²) in [4.78, 5) is 39.0. The SMILES string of the molecule is COc1ccc(C(=O)Oc2c(Cl)cc(/C=C3\SC(=O)N(Cc4ccccc4F)C3=O)cc2OC)cc1. The van der Waals surface area contributed by atoms with E-state index in [0.717, 1.165) is 16.7 Å². The van der Waals surface area contributed by atoms with E-state index in [1.807, 2.05) is 0 Å². The maximum atomic E-state index is 14.0. The van der Waals surface area contributed by atoms with Gasteiger partial charge in [-0.05, 0) is 65.9 Å². The number of carbonyl (C=O) groups excluding carboxylic acids is 3. The van der Waals surface area contributed by atoms with Crippen molar-refractivity contribution in [2.75, 3.05) is 14.2 Å². The van der Waals surface area contributed by atoms with Crippen molar-refractivity contribution in [2.24, 2.45) is 0 Å². The molecule has 1 heterocycles. The molecule has 3 aromatic rings. The van der Waals surface area contributed by atoms with Crippen LogP contribution in [0.4, 0.5) is 9.18 Å². The number of thioether (sulfide) groups is 1. The molecule has 0 aromatic heterocycles. The number of methoxy groups -OCH3 is 2. The van der Waals surface area contributed by atoms with Crippen LogP contribution in [0.1, 0.15) is 21.5 Å². The molecule has 7 nitrogen and oxygen atoms in total. The van der Waals surface area contributed by atoms with E-state index in [-0.39, 0.29) is 39.1 Å². The van der Waals surface area contributed by atoms with Crippen LogP contribution in [0, 0.1) is 5.82 Å². The molecule has 1 aliphatic heterocycles. The topological polar surface area (TPSA) is 82.1 Å². The predicted molar refractivity (Wildman–Crippen MR) is 134 cm³/mol. The van der Waals surface area contributed by atoms with Gasteiger partial charge in [0.2, 0.25) is 0 Å². The number of imide groups is 1. The first kappa shape index (κ1) is 25.3. The Morgan fingerprint density at radius 1 is 1.06 bits per heavy atom. The highest BCUT2D eigenvalue weighted by atomic mass is 35.5. The van der Waals surface area contributed by atoms with Gasteiger partial charge in [-0.1, -0.05) is 29.8 Å². The van der Waals surface area contributed by atoms with Crippen LogP contribution in [0.15, 0.2) is 65.6 Å². The zero-order valence-electron chi connectivity index (χ0n) is 19.1. The minimum atomic E-state index is -0.653. The van der Waals surface area contributed by atoms with Gasteiger partial charge in [-0.25, -0.2) is 9.18 Å². The van der Waals surface area contributed by atoms with Gasteiger partial charge in [0.15, 0.2) is 11.5 Å². The quantitative estimate of drug-likeness (QED) is 0.213. The zero-order valence-corrected chi connectivity index (χ0v) is 20.7. The van der Waals surface area contributed by atoms with Gasteiger partial charge in [0, 0.05) is 5.56 Å². The molecule has 0 atom stereocenters. The van der Waals surface area contributed by atoms with Crippen molar-refractivity contribution < 1.29 is 33.0 Å². The van der Waals surface area contributed by atoms with Gasteiger partial charge < -0.3 is 14.2 Å². The van der Waals surface area contributed by atoms with Crippen LogP contribution in [-0.2, 0) is 11.3 Å². The van der Waals surface area contributed by atoms with E-state index in [9.17, 15) is 18.8 Å². The van der Waals surface area contributed by atoms with E-state index in [4.69, 9.17) is 25.8 Å². The van der Waals surface area contributed by atoms with Crippen LogP contribution in [-0.4, -0.2) is 36.2 Å². The molecule has 184 valence electrons. The average molecular weight is 528 g/mol. The van der Waals surface area contributed by atoms with Crippen LogP contribution in [0.2, 0.25) is 5.02 Å². The maximum absolute atomic E-state index is 14.0. The average Bonchev–Trinajstić information content (AvgIpc) is 3.13. The van der Waals surface area contributed by atoms with Crippen molar-refractivity contribution in [1.82, 2.24) is 4.90 Å². The molecule has 1 fully saturated rings. The molecule has 0 bridgehead atoms. The Labute approximate surface area is 215 Å². The number of rotatable bonds is 7. The molecule has 0 aliphatic carbocycles. The normalized spacial score (nSPS) is 14.3. The molecular weight excluding hydrogens is 509 g/mol. The Balaban J connectivity index is 1.55. The molecule has 1 aliphatic rings. The Morgan fingerprint density at radius 2 is 1.78 bits per heavy atom. The smallest absolute Gasteiger partial charge is 0.343 e. The van der Waals surface area contributed by atoms with E-state index in [1.165, 1.54) is 50.6 Å². The van der Waals surface area contributed by atoms with Gasteiger partial charge in [0.1, 0.15) is 11.6 Å². The molecule has 1 saturated heterocycles. The summed E-state index contributed by atoms with van der Waals surface area (Å²) >= 11 is 7.11. The lowest BCUT2D eigenvalue weighted by Gasteiger charge is -2.13. The second kappa shape index (κ2) is 10.8. The van der Waals surface area contributed by atoms with E-state index in [0.29, 0.717) is 11.3 Å². The number of benzene rings is 3. The standard InChI is InChI=1S/C26H19ClFNO6S/c1-33-18-9-7-16(8-10-18)25(31)35-23-19(27)11-15(12-21(23)34-2)13-22-24(30)29(26(32)36-22)14-17-5-3-4-6-20(17)28/h3-13H,14H2,1-2H3/b22-13-. The number of hydrogen-bond donors (Lipinski definition) is 0. The van der Waals surface area contributed by atoms with Gasteiger partial charge in [-0.15, -0.1) is 0 Å². The van der Waals surface area contributed by atoms with Gasteiger partial charge in [0.25, 0.3) is 11.1 Å². The fourth-order valence-corrected chi connectivity index (χ4v) is 4.48. The highest BCUT2D eigenvalue weighted by molar-refractivity contribution is 8.18. The first-order valence-electron chi connectivity index (χ1n) is 10.5. The van der Waals surface area contributed by atoms with Crippen LogP contribution >= 0.6 is 23.4 Å². The van der Waals surface area contributed by atoms with Crippen molar-refractivity contribution in [3.63, 3.8) is 0 Å². The van der Waals surface area contributed by atoms with Crippen LogP contribution in [0.5, 0.6) is 17.2 Å². The third-order valence-corrected chi connectivity index (χ3v) is 6.42. The van der Waals surface area contributed by atoms with Crippen molar-refractivity contribution in [2.45, 2.75) is 6.54 Å². The molecule has 0 radical (unpaired) electrons. The van der Waals surface area contributed by atoms with Crippen LogP contribution in [0.3, 0.4) is 0 Å². The second-order valence-corrected chi connectivity index (χ2v) is 8.91. The number of hydrogen-bond acceptors (Lipinski definition) is 7. The Bertz CT molecular complexity index is 1380. The first-order chi connectivity index (χ1) is 17.3. The lowest BCUT2D eigenvalue weighted by atomic mass is 10.1. The van der Waals surface area contributed by atoms with Gasteiger partial charge >= 0.3 is 5.97 Å². The second-order valence-electron chi connectivity index (χ2n) is 7.51. The van der Waals surface area contributed by atoms with Crippen molar-refractivity contribution in [1.29, 1.82) is 0 Å². The molecular formula is C26H19ClFNO6S. The summed E-state index contributed by atoms with van der Waals surface area (Å²) in [5.74, 6) is -0.967. The largest absolute Gasteiger partial charge is 0.497 e. The molecule has 0 spiro atoms. The number of amides is 2. The van der Waals surface area contributed by atoms with Gasteiger partial charge in [-0.3, -0.25) is 14.5 Å². The summed E-state index contributed by atoms with van der Waals surface area (Å²) in [6.07, 6.45) is 1.47. The highest BCUT2D eigenvalue weighted by Gasteiger charge is 2.35. The van der Waals surface area contributed by atoms with E-state index in [2.05, 4.69) is 0 Å². The Hall–Kier alpha value is -3.82. The lowest BCUT2D eigenvalue weighted by molar-refractivity contribution is -0.123. The first-order valence-corrected chi connectivity index (χ1v) is 11.7. The molecule has 0 unspecified atom stereocenters. The molecule has 4 rings (SSSR count). The summed E-state index contributed by atoms with van der Waals surface area (Å²) in [5, 5.41) is -0.453. The van der Waals surface area contributed by atoms with E-state index in [1.54, 1.807) is 30.3 Å². The molecule has 3 aromatic carbocycles. The number of esters is 1. The fourth-order valence-electron chi connectivity index (χ4n) is 3.39. The van der Waals surface area contributed by atoms with Gasteiger partial charge in [-0.2, -0.15) is 0 Å². The number of halogens is 2. The maximum Gasteiger partial charge on any atom is 0.343 e. The van der Waals surface area contributed by atoms with Crippen LogP contribution in [0.25, 0.3) is 6.08 Å². The third-order valence-electron chi connectivity index (χ3n) is 5.23. The molecule has 0 saturated carbocycles. The minimum absolute atomic E-state index is 0.00444. The summed E-state index contributed by atoms with van der Waals surface area (Å²) in [6, 6.07) is 15.3. The highest BCUT2D eigenvalue weighted by Crippen LogP contribution is 2.39. The molecule has 36 heavy (non-hydrogen) atoms. The van der Waals surface area contributed by atoms with Crippen molar-refractivity contribution >= 4 is 46.6 Å². The Morgan fingerprint density at radius 3 is 2.44 bits per heavy atom. The Kier molecular flexibility index (Phi) is 7.61. The lowest BCUT2D eigenvalue weighted by Crippen LogP contribution is -2.27. The van der Waals surface area contributed by atoms with E-state index < -0.39 is 22.9 Å². The summed E-state index contributed by atoms with van der Waals surface area (Å²) in [7, 11) is 2.89. The number of nitrogens with zero attached hydrogens (tertiary/aromatic N) is 1. The third kappa shape index (κ3) is 5.37. The van der Waals surface area contributed by atoms with Gasteiger partial charge in [0.05, 0.1) is 36.3 Å². The molecule has 10 heteroatoms. The monoisotopic (exact) mass is 527 g/mol. The predicted octanol–water partition coefficient (Wildman–Crippen LogP) is 5.95. The van der Waals surface area contributed by atoms with E-state index >= 15 is 0 Å². The van der Waals surface area contributed by atoms with Crippen LogP contribution < -0.4 is 14.2 Å². The summed E-state index contributed by atoms with van der Waals surface area (Å²) < 4.78 is 29.9. The summed E-state index contributed by atoms with van der Waals surface area (Å²) in [6.45, 7) is -0.182. The minimum Gasteiger partial charge on any atom is -0.497 e. The van der Waals surface area contributed by atoms with Crippen molar-refractivity contribution in [3.05, 3.63) is 93.1 Å². The fraction of sp³-hybridized carbons (Fsp3) is 0.115. The molecule has 0 N–H and O–H groups in total.